The van der Waals surface area contributed by atoms with Gasteiger partial charge in [-0.05, 0) is 12.1 Å². The molecular weight excluding hydrogens is 433 g/mol. The maximum Gasteiger partial charge on any atom is 0.338 e. The van der Waals surface area contributed by atoms with Crippen molar-refractivity contribution in [2.45, 2.75) is 6.04 Å². The van der Waals surface area contributed by atoms with E-state index in [4.69, 9.17) is 16.3 Å². The van der Waals surface area contributed by atoms with E-state index in [1.54, 1.807) is 17.4 Å². The molecule has 1 atom stereocenters. The van der Waals surface area contributed by atoms with Crippen LogP contribution in [0.15, 0.2) is 46.0 Å². The molecule has 25 heavy (non-hydrogen) atoms. The van der Waals surface area contributed by atoms with Gasteiger partial charge in [-0.15, -0.1) is 11.3 Å². The molecular formula is C16H12BrClFN3O2S. The average molecular weight is 445 g/mol. The van der Waals surface area contributed by atoms with Gasteiger partial charge >= 0.3 is 5.97 Å². The van der Waals surface area contributed by atoms with Crippen molar-refractivity contribution in [1.29, 1.82) is 0 Å². The van der Waals surface area contributed by atoms with Gasteiger partial charge in [0, 0.05) is 33.2 Å². The molecule has 3 rings (SSSR count). The summed E-state index contributed by atoms with van der Waals surface area (Å²) >= 11 is 11.0. The predicted octanol–water partition coefficient (Wildman–Crippen LogP) is 4.35. The second-order valence-corrected chi connectivity index (χ2v) is 6.84. The minimum absolute atomic E-state index is 0.195. The van der Waals surface area contributed by atoms with Crippen LogP contribution in [0.5, 0.6) is 0 Å². The first-order chi connectivity index (χ1) is 12.1. The van der Waals surface area contributed by atoms with Gasteiger partial charge in [0.15, 0.2) is 5.13 Å². The number of hydrogen-bond donors (Lipinski definition) is 0. The van der Waals surface area contributed by atoms with Crippen molar-refractivity contribution in [2.75, 3.05) is 17.3 Å². The van der Waals surface area contributed by atoms with Crippen LogP contribution in [0.2, 0.25) is 5.02 Å². The van der Waals surface area contributed by atoms with Gasteiger partial charge in [0.1, 0.15) is 11.9 Å². The van der Waals surface area contributed by atoms with Gasteiger partial charge in [0.05, 0.1) is 19.0 Å². The highest BCUT2D eigenvalue weighted by atomic mass is 79.9. The SMILES string of the molecule is COC(=O)C1=C(CBr)N(c2nccs2)C=N[C@H]1c1ccc(F)cc1Cl. The van der Waals surface area contributed by atoms with Crippen molar-refractivity contribution >= 4 is 56.3 Å². The van der Waals surface area contributed by atoms with Crippen LogP contribution in [0.4, 0.5) is 9.52 Å². The number of nitrogens with zero attached hydrogens (tertiary/aromatic N) is 3. The molecule has 0 bridgehead atoms. The second kappa shape index (κ2) is 7.63. The van der Waals surface area contributed by atoms with E-state index in [0.29, 0.717) is 27.3 Å². The highest BCUT2D eigenvalue weighted by Crippen LogP contribution is 2.38. The van der Waals surface area contributed by atoms with Gasteiger partial charge in [0.2, 0.25) is 0 Å². The Balaban J connectivity index is 2.15. The minimum atomic E-state index is -0.690. The third-order valence-electron chi connectivity index (χ3n) is 3.62. The predicted molar refractivity (Wildman–Crippen MR) is 100 cm³/mol. The lowest BCUT2D eigenvalue weighted by atomic mass is 9.96. The standard InChI is InChI=1S/C16H12BrClFN3O2S/c1-24-15(23)13-12(7-17)22(16-20-4-5-25-16)8-21-14(13)10-3-2-9(19)6-11(10)18/h2-6,8,14H,7H2,1H3/t14-/m0/s1. The van der Waals surface area contributed by atoms with Crippen LogP contribution in [0.1, 0.15) is 11.6 Å². The van der Waals surface area contributed by atoms with E-state index in [-0.39, 0.29) is 5.02 Å². The monoisotopic (exact) mass is 443 g/mol. The molecule has 0 saturated carbocycles. The number of benzene rings is 1. The van der Waals surface area contributed by atoms with E-state index in [1.165, 1.54) is 36.6 Å². The summed E-state index contributed by atoms with van der Waals surface area (Å²) in [6.07, 6.45) is 3.26. The molecule has 5 nitrogen and oxygen atoms in total. The molecule has 0 aliphatic carbocycles. The fraction of sp³-hybridized carbons (Fsp3) is 0.188. The third kappa shape index (κ3) is 3.47. The topological polar surface area (TPSA) is 54.8 Å². The molecule has 0 amide bonds. The summed E-state index contributed by atoms with van der Waals surface area (Å²) in [6.45, 7) is 0. The van der Waals surface area contributed by atoms with Crippen molar-refractivity contribution in [3.05, 3.63) is 57.4 Å². The molecule has 1 aromatic carbocycles. The zero-order valence-corrected chi connectivity index (χ0v) is 16.1. The Bertz CT molecular complexity index is 857. The van der Waals surface area contributed by atoms with Crippen molar-refractivity contribution in [3.8, 4) is 0 Å². The first-order valence-electron chi connectivity index (χ1n) is 7.11. The first-order valence-corrected chi connectivity index (χ1v) is 9.49. The number of ether oxygens (including phenoxy) is 1. The number of halogens is 3. The second-order valence-electron chi connectivity index (χ2n) is 5.00. The number of methoxy groups -OCH3 is 1. The van der Waals surface area contributed by atoms with Gasteiger partial charge in [-0.3, -0.25) is 9.89 Å². The van der Waals surface area contributed by atoms with Crippen molar-refractivity contribution < 1.29 is 13.9 Å². The maximum atomic E-state index is 13.4. The number of esters is 1. The van der Waals surface area contributed by atoms with Gasteiger partial charge in [-0.1, -0.05) is 33.6 Å². The summed E-state index contributed by atoms with van der Waals surface area (Å²) in [6, 6.07) is 3.31. The van der Waals surface area contributed by atoms with E-state index in [2.05, 4.69) is 25.9 Å². The van der Waals surface area contributed by atoms with E-state index in [9.17, 15) is 9.18 Å². The number of carbonyl (C=O) groups is 1. The summed E-state index contributed by atoms with van der Waals surface area (Å²) < 4.78 is 18.3. The van der Waals surface area contributed by atoms with Crippen LogP contribution in [0.25, 0.3) is 0 Å². The first kappa shape index (κ1) is 18.0. The number of aliphatic imine (C=N–C) groups is 1. The van der Waals surface area contributed by atoms with E-state index < -0.39 is 17.8 Å². The largest absolute Gasteiger partial charge is 0.466 e. The zero-order valence-electron chi connectivity index (χ0n) is 12.9. The van der Waals surface area contributed by atoms with E-state index in [1.807, 2.05) is 5.38 Å². The van der Waals surface area contributed by atoms with E-state index in [0.717, 1.165) is 0 Å². The Morgan fingerprint density at radius 2 is 2.32 bits per heavy atom. The average Bonchev–Trinajstić information content (AvgIpc) is 3.14. The lowest BCUT2D eigenvalue weighted by Gasteiger charge is -2.29. The molecule has 0 fully saturated rings. The Kier molecular flexibility index (Phi) is 5.51. The lowest BCUT2D eigenvalue weighted by Crippen LogP contribution is -2.31. The van der Waals surface area contributed by atoms with Crippen LogP contribution in [0, 0.1) is 5.82 Å². The van der Waals surface area contributed by atoms with Crippen molar-refractivity contribution in [3.63, 3.8) is 0 Å². The highest BCUT2D eigenvalue weighted by molar-refractivity contribution is 9.09. The van der Waals surface area contributed by atoms with Gasteiger partial charge in [-0.25, -0.2) is 14.2 Å². The van der Waals surface area contributed by atoms with Gasteiger partial charge < -0.3 is 4.74 Å². The fourth-order valence-electron chi connectivity index (χ4n) is 2.50. The zero-order chi connectivity index (χ0) is 18.0. The van der Waals surface area contributed by atoms with Crippen LogP contribution in [-0.4, -0.2) is 29.7 Å². The van der Waals surface area contributed by atoms with Gasteiger partial charge in [0.25, 0.3) is 0 Å². The van der Waals surface area contributed by atoms with Crippen LogP contribution in [-0.2, 0) is 9.53 Å². The number of alkyl halides is 1. The summed E-state index contributed by atoms with van der Waals surface area (Å²) in [5.74, 6) is -0.986. The Labute approximate surface area is 160 Å². The number of thiazole rings is 1. The quantitative estimate of drug-likeness (QED) is 0.520. The van der Waals surface area contributed by atoms with Crippen molar-refractivity contribution in [1.82, 2.24) is 4.98 Å². The van der Waals surface area contributed by atoms with Gasteiger partial charge in [-0.2, -0.15) is 0 Å². The van der Waals surface area contributed by atoms with Crippen LogP contribution >= 0.6 is 38.9 Å². The molecule has 1 aliphatic heterocycles. The van der Waals surface area contributed by atoms with Crippen molar-refractivity contribution in [2.24, 2.45) is 4.99 Å². The lowest BCUT2D eigenvalue weighted by molar-refractivity contribution is -0.136. The number of hydrogen-bond acceptors (Lipinski definition) is 6. The molecule has 0 N–H and O–H groups in total. The summed E-state index contributed by atoms with van der Waals surface area (Å²) in [5, 5.41) is 3.07. The normalized spacial score (nSPS) is 17.1. The number of carbonyl (C=O) groups excluding carboxylic acids is 1. The molecule has 9 heteroatoms. The molecule has 0 saturated heterocycles. The smallest absolute Gasteiger partial charge is 0.338 e. The summed E-state index contributed by atoms with van der Waals surface area (Å²) in [7, 11) is 1.30. The Morgan fingerprint density at radius 1 is 1.52 bits per heavy atom. The summed E-state index contributed by atoms with van der Waals surface area (Å²) in [4.78, 5) is 22.9. The Morgan fingerprint density at radius 3 is 2.92 bits per heavy atom. The Hall–Kier alpha value is -1.77. The number of allylic oxidation sites excluding steroid dienone is 1. The third-order valence-corrected chi connectivity index (χ3v) is 5.25. The number of aromatic nitrogens is 1. The minimum Gasteiger partial charge on any atom is -0.466 e. The van der Waals surface area contributed by atoms with E-state index >= 15 is 0 Å². The molecule has 2 aromatic rings. The fourth-order valence-corrected chi connectivity index (χ4v) is 3.98. The maximum absolute atomic E-state index is 13.4. The molecule has 130 valence electrons. The molecule has 2 heterocycles. The number of anilines is 1. The van der Waals surface area contributed by atoms with Crippen LogP contribution < -0.4 is 4.90 Å². The highest BCUT2D eigenvalue weighted by Gasteiger charge is 2.34. The molecule has 0 unspecified atom stereocenters. The summed E-state index contributed by atoms with van der Waals surface area (Å²) in [5.41, 5.74) is 1.49. The molecule has 0 spiro atoms. The van der Waals surface area contributed by atoms with Crippen LogP contribution in [0.3, 0.4) is 0 Å². The molecule has 1 aliphatic rings. The number of rotatable bonds is 4. The molecule has 0 radical (unpaired) electrons. The molecule has 1 aromatic heterocycles.